The second-order valence-electron chi connectivity index (χ2n) is 4.46. The zero-order valence-electron chi connectivity index (χ0n) is 10.0. The second kappa shape index (κ2) is 5.35. The summed E-state index contributed by atoms with van der Waals surface area (Å²) in [5.41, 5.74) is 5.45. The van der Waals surface area contributed by atoms with E-state index in [9.17, 15) is 17.9 Å². The Hall–Kier alpha value is -0.700. The minimum atomic E-state index is -3.81. The quantitative estimate of drug-likeness (QED) is 0.786. The smallest absolute Gasteiger partial charge is 0.245 e. The Morgan fingerprint density at radius 2 is 2.16 bits per heavy atom. The molecule has 0 amide bonds. The minimum Gasteiger partial charge on any atom is -0.398 e. The molecule has 0 spiro atoms. The number of benzene rings is 1. The van der Waals surface area contributed by atoms with Crippen molar-refractivity contribution in [3.63, 3.8) is 0 Å². The van der Waals surface area contributed by atoms with Gasteiger partial charge in [-0.05, 0) is 40.9 Å². The second-order valence-corrected chi connectivity index (χ2v) is 7.22. The number of hydrogen-bond acceptors (Lipinski definition) is 4. The first kappa shape index (κ1) is 14.7. The lowest BCUT2D eigenvalue weighted by Crippen LogP contribution is -2.42. The predicted octanol–water partition coefficient (Wildman–Crippen LogP) is 1.32. The highest BCUT2D eigenvalue weighted by molar-refractivity contribution is 9.10. The van der Waals surface area contributed by atoms with Crippen molar-refractivity contribution in [2.75, 3.05) is 18.8 Å². The van der Waals surface area contributed by atoms with Gasteiger partial charge < -0.3 is 10.8 Å². The molecule has 19 heavy (non-hydrogen) atoms. The first-order valence-corrected chi connectivity index (χ1v) is 7.98. The molecule has 1 aliphatic rings. The van der Waals surface area contributed by atoms with Crippen LogP contribution in [0.2, 0.25) is 0 Å². The number of aliphatic hydroxyl groups excluding tert-OH is 1. The normalized spacial score (nSPS) is 21.5. The molecule has 106 valence electrons. The van der Waals surface area contributed by atoms with Crippen molar-refractivity contribution in [2.45, 2.75) is 23.8 Å². The van der Waals surface area contributed by atoms with Gasteiger partial charge in [-0.1, -0.05) is 0 Å². The lowest BCUT2D eigenvalue weighted by molar-refractivity contribution is 0.108. The van der Waals surface area contributed by atoms with Crippen LogP contribution >= 0.6 is 15.9 Å². The molecule has 0 bridgehead atoms. The Kier molecular flexibility index (Phi) is 4.14. The van der Waals surface area contributed by atoms with E-state index in [0.717, 1.165) is 12.1 Å². The lowest BCUT2D eigenvalue weighted by atomic mass is 10.1. The van der Waals surface area contributed by atoms with Gasteiger partial charge in [-0.2, -0.15) is 4.31 Å². The predicted molar refractivity (Wildman–Crippen MR) is 72.5 cm³/mol. The number of piperidine rings is 1. The zero-order chi connectivity index (χ0) is 14.2. The van der Waals surface area contributed by atoms with E-state index in [-0.39, 0.29) is 21.6 Å². The molecule has 1 fully saturated rings. The van der Waals surface area contributed by atoms with Gasteiger partial charge >= 0.3 is 0 Å². The molecule has 1 atom stereocenters. The molecule has 0 aliphatic carbocycles. The standard InChI is InChI=1S/C11H14BrFN2O3S/c12-8-4-11(10(14)5-9(8)13)19(17,18)15-3-1-2-7(16)6-15/h4-5,7,16H,1-3,6,14H2/t7-/m0/s1. The van der Waals surface area contributed by atoms with Gasteiger partial charge in [0.1, 0.15) is 10.7 Å². The van der Waals surface area contributed by atoms with Gasteiger partial charge in [0.15, 0.2) is 0 Å². The first-order chi connectivity index (χ1) is 8.82. The molecule has 1 aromatic rings. The molecular weight excluding hydrogens is 339 g/mol. The monoisotopic (exact) mass is 352 g/mol. The van der Waals surface area contributed by atoms with Gasteiger partial charge in [0.05, 0.1) is 16.3 Å². The van der Waals surface area contributed by atoms with E-state index in [1.807, 2.05) is 0 Å². The summed E-state index contributed by atoms with van der Waals surface area (Å²) < 4.78 is 39.3. The van der Waals surface area contributed by atoms with E-state index in [1.165, 1.54) is 4.31 Å². The third kappa shape index (κ3) is 2.91. The number of rotatable bonds is 2. The maximum atomic E-state index is 13.3. The maximum Gasteiger partial charge on any atom is 0.245 e. The van der Waals surface area contributed by atoms with Gasteiger partial charge in [-0.15, -0.1) is 0 Å². The topological polar surface area (TPSA) is 83.6 Å². The summed E-state index contributed by atoms with van der Waals surface area (Å²) in [6.07, 6.45) is 0.491. The van der Waals surface area contributed by atoms with E-state index in [4.69, 9.17) is 5.73 Å². The van der Waals surface area contributed by atoms with Gasteiger partial charge in [0.25, 0.3) is 0 Å². The van der Waals surface area contributed by atoms with Crippen molar-refractivity contribution in [3.8, 4) is 0 Å². The molecule has 3 N–H and O–H groups in total. The summed E-state index contributed by atoms with van der Waals surface area (Å²) in [6.45, 7) is 0.366. The summed E-state index contributed by atoms with van der Waals surface area (Å²) in [6, 6.07) is 2.12. The number of nitrogen functional groups attached to an aromatic ring is 1. The molecule has 0 unspecified atom stereocenters. The number of nitrogens with two attached hydrogens (primary N) is 1. The molecule has 1 aliphatic heterocycles. The van der Waals surface area contributed by atoms with Crippen LogP contribution in [-0.2, 0) is 10.0 Å². The van der Waals surface area contributed by atoms with Crippen molar-refractivity contribution in [1.29, 1.82) is 0 Å². The average molecular weight is 353 g/mol. The van der Waals surface area contributed by atoms with Crippen LogP contribution in [-0.4, -0.2) is 37.0 Å². The zero-order valence-corrected chi connectivity index (χ0v) is 12.4. The van der Waals surface area contributed by atoms with E-state index >= 15 is 0 Å². The van der Waals surface area contributed by atoms with E-state index < -0.39 is 21.9 Å². The molecule has 0 aromatic heterocycles. The summed E-state index contributed by atoms with van der Waals surface area (Å²) in [5.74, 6) is -0.616. The number of β-amino-alcohol motifs (C(OH)–C–C–N with tert-alkyl or cyclic N) is 1. The summed E-state index contributed by atoms with van der Waals surface area (Å²) >= 11 is 2.95. The van der Waals surface area contributed by atoms with Gasteiger partial charge in [-0.25, -0.2) is 12.8 Å². The number of sulfonamides is 1. The fraction of sp³-hybridized carbons (Fsp3) is 0.455. The Labute approximate surface area is 119 Å². The fourth-order valence-corrected chi connectivity index (χ4v) is 4.18. The van der Waals surface area contributed by atoms with Crippen LogP contribution in [0.25, 0.3) is 0 Å². The van der Waals surface area contributed by atoms with Crippen molar-refractivity contribution < 1.29 is 17.9 Å². The number of anilines is 1. The molecule has 5 nitrogen and oxygen atoms in total. The number of nitrogens with zero attached hydrogens (tertiary/aromatic N) is 1. The Morgan fingerprint density at radius 3 is 2.79 bits per heavy atom. The number of aliphatic hydroxyl groups is 1. The highest BCUT2D eigenvalue weighted by atomic mass is 79.9. The highest BCUT2D eigenvalue weighted by Gasteiger charge is 2.31. The van der Waals surface area contributed by atoms with Crippen molar-refractivity contribution in [1.82, 2.24) is 4.31 Å². The molecule has 1 saturated heterocycles. The van der Waals surface area contributed by atoms with E-state index in [1.54, 1.807) is 0 Å². The largest absolute Gasteiger partial charge is 0.398 e. The fourth-order valence-electron chi connectivity index (χ4n) is 2.05. The van der Waals surface area contributed by atoms with Crippen molar-refractivity contribution in [3.05, 3.63) is 22.4 Å². The molecule has 0 saturated carbocycles. The molecular formula is C11H14BrFN2O3S. The molecule has 8 heteroatoms. The van der Waals surface area contributed by atoms with Gasteiger partial charge in [-0.3, -0.25) is 0 Å². The van der Waals surface area contributed by atoms with Crippen LogP contribution in [0.15, 0.2) is 21.5 Å². The lowest BCUT2D eigenvalue weighted by Gasteiger charge is -2.29. The van der Waals surface area contributed by atoms with Crippen molar-refractivity contribution in [2.24, 2.45) is 0 Å². The van der Waals surface area contributed by atoms with Crippen LogP contribution in [0, 0.1) is 5.82 Å². The van der Waals surface area contributed by atoms with Crippen LogP contribution in [0.1, 0.15) is 12.8 Å². The van der Waals surface area contributed by atoms with Gasteiger partial charge in [0.2, 0.25) is 10.0 Å². The highest BCUT2D eigenvalue weighted by Crippen LogP contribution is 2.29. The van der Waals surface area contributed by atoms with Crippen LogP contribution < -0.4 is 5.73 Å². The van der Waals surface area contributed by atoms with Crippen molar-refractivity contribution >= 4 is 31.6 Å². The third-order valence-corrected chi connectivity index (χ3v) is 5.56. The molecule has 1 heterocycles. The SMILES string of the molecule is Nc1cc(F)c(Br)cc1S(=O)(=O)N1CCC[C@H](O)C1. The maximum absolute atomic E-state index is 13.3. The molecule has 2 rings (SSSR count). The Balaban J connectivity index is 2.42. The van der Waals surface area contributed by atoms with Crippen LogP contribution in [0.3, 0.4) is 0 Å². The number of hydrogen-bond donors (Lipinski definition) is 2. The number of halogens is 2. The van der Waals surface area contributed by atoms with Gasteiger partial charge in [0, 0.05) is 13.1 Å². The Bertz CT molecular complexity index is 594. The summed E-state index contributed by atoms with van der Waals surface area (Å²) in [4.78, 5) is -0.144. The molecule has 1 aromatic carbocycles. The molecule has 0 radical (unpaired) electrons. The van der Waals surface area contributed by atoms with Crippen LogP contribution in [0.5, 0.6) is 0 Å². The minimum absolute atomic E-state index is 0.0385. The Morgan fingerprint density at radius 1 is 1.47 bits per heavy atom. The summed E-state index contributed by atoms with van der Waals surface area (Å²) in [5, 5.41) is 9.55. The van der Waals surface area contributed by atoms with Crippen LogP contribution in [0.4, 0.5) is 10.1 Å². The van der Waals surface area contributed by atoms with E-state index in [2.05, 4.69) is 15.9 Å². The third-order valence-electron chi connectivity index (χ3n) is 3.03. The average Bonchev–Trinajstić information content (AvgIpc) is 2.33. The summed E-state index contributed by atoms with van der Waals surface area (Å²) in [7, 11) is -3.81. The first-order valence-electron chi connectivity index (χ1n) is 5.75. The van der Waals surface area contributed by atoms with E-state index in [0.29, 0.717) is 19.4 Å².